The van der Waals surface area contributed by atoms with Gasteiger partial charge >= 0.3 is 0 Å². The van der Waals surface area contributed by atoms with Gasteiger partial charge in [0.1, 0.15) is 19.0 Å². The first-order chi connectivity index (χ1) is 15.1. The van der Waals surface area contributed by atoms with Crippen LogP contribution in [0.5, 0.6) is 11.5 Å². The van der Waals surface area contributed by atoms with Gasteiger partial charge in [0.05, 0.1) is 11.0 Å². The van der Waals surface area contributed by atoms with Crippen molar-refractivity contribution in [2.24, 2.45) is 0 Å². The standard InChI is InChI=1S/C25H23N3O3/c1-16-5-7-17(8-6-16)9-10-24(29)26-19-4-2-3-18(13-19)25-27-20-14-22-23(15-21(20)28-25)31-12-11-30-22/h2-8,13-15H,9-12H2,1H3,(H,26,29)(H,27,28). The molecular formula is C25H23N3O3. The summed E-state index contributed by atoms with van der Waals surface area (Å²) in [5.74, 6) is 2.16. The Morgan fingerprint density at radius 2 is 1.81 bits per heavy atom. The third kappa shape index (κ3) is 4.23. The quantitative estimate of drug-likeness (QED) is 0.489. The molecule has 0 unspecified atom stereocenters. The van der Waals surface area contributed by atoms with E-state index in [1.165, 1.54) is 5.56 Å². The molecule has 0 atom stereocenters. The number of benzene rings is 3. The van der Waals surface area contributed by atoms with Gasteiger partial charge in [0.2, 0.25) is 5.91 Å². The highest BCUT2D eigenvalue weighted by Crippen LogP contribution is 2.35. The van der Waals surface area contributed by atoms with Gasteiger partial charge in [0.15, 0.2) is 11.5 Å². The average Bonchev–Trinajstić information content (AvgIpc) is 3.20. The van der Waals surface area contributed by atoms with E-state index < -0.39 is 0 Å². The van der Waals surface area contributed by atoms with Gasteiger partial charge in [-0.25, -0.2) is 4.98 Å². The number of imidazole rings is 1. The van der Waals surface area contributed by atoms with Gasteiger partial charge in [-0.2, -0.15) is 0 Å². The topological polar surface area (TPSA) is 76.2 Å². The van der Waals surface area contributed by atoms with E-state index in [4.69, 9.17) is 14.5 Å². The van der Waals surface area contributed by atoms with E-state index in [0.717, 1.165) is 39.4 Å². The first kappa shape index (κ1) is 19.2. The first-order valence-corrected chi connectivity index (χ1v) is 10.4. The van der Waals surface area contributed by atoms with Crippen molar-refractivity contribution in [3.05, 3.63) is 71.8 Å². The fourth-order valence-corrected chi connectivity index (χ4v) is 3.66. The molecule has 0 saturated heterocycles. The van der Waals surface area contributed by atoms with E-state index in [1.54, 1.807) is 0 Å². The number of aromatic amines is 1. The highest BCUT2D eigenvalue weighted by atomic mass is 16.6. The van der Waals surface area contributed by atoms with Crippen LogP contribution in [-0.4, -0.2) is 29.1 Å². The number of amides is 1. The summed E-state index contributed by atoms with van der Waals surface area (Å²) in [7, 11) is 0. The smallest absolute Gasteiger partial charge is 0.224 e. The molecule has 6 heteroatoms. The summed E-state index contributed by atoms with van der Waals surface area (Å²) in [5.41, 5.74) is 5.71. The summed E-state index contributed by atoms with van der Waals surface area (Å²) in [6.45, 7) is 3.15. The lowest BCUT2D eigenvalue weighted by molar-refractivity contribution is -0.116. The van der Waals surface area contributed by atoms with Gasteiger partial charge in [-0.05, 0) is 31.0 Å². The minimum atomic E-state index is -0.00990. The molecule has 0 radical (unpaired) electrons. The summed E-state index contributed by atoms with van der Waals surface area (Å²) < 4.78 is 11.3. The van der Waals surface area contributed by atoms with Crippen LogP contribution >= 0.6 is 0 Å². The van der Waals surface area contributed by atoms with Crippen molar-refractivity contribution in [2.45, 2.75) is 19.8 Å². The number of hydrogen-bond acceptors (Lipinski definition) is 4. The lowest BCUT2D eigenvalue weighted by atomic mass is 10.1. The van der Waals surface area contributed by atoms with Crippen molar-refractivity contribution in [1.82, 2.24) is 9.97 Å². The van der Waals surface area contributed by atoms with Crippen LogP contribution in [-0.2, 0) is 11.2 Å². The number of nitrogens with one attached hydrogen (secondary N) is 2. The number of fused-ring (bicyclic) bond motifs is 2. The molecule has 1 amide bonds. The molecule has 0 aliphatic carbocycles. The number of aryl methyl sites for hydroxylation is 2. The third-order valence-electron chi connectivity index (χ3n) is 5.33. The van der Waals surface area contributed by atoms with Gasteiger partial charge < -0.3 is 19.8 Å². The monoisotopic (exact) mass is 413 g/mol. The van der Waals surface area contributed by atoms with E-state index in [0.29, 0.717) is 31.8 Å². The zero-order valence-electron chi connectivity index (χ0n) is 17.3. The lowest BCUT2D eigenvalue weighted by Gasteiger charge is -2.17. The number of rotatable bonds is 5. The number of aromatic nitrogens is 2. The molecule has 3 aromatic carbocycles. The van der Waals surface area contributed by atoms with Crippen molar-refractivity contribution in [1.29, 1.82) is 0 Å². The molecule has 5 rings (SSSR count). The largest absolute Gasteiger partial charge is 0.486 e. The van der Waals surface area contributed by atoms with Crippen molar-refractivity contribution in [3.63, 3.8) is 0 Å². The van der Waals surface area contributed by atoms with Crippen LogP contribution in [0, 0.1) is 6.92 Å². The van der Waals surface area contributed by atoms with Crippen molar-refractivity contribution in [3.8, 4) is 22.9 Å². The van der Waals surface area contributed by atoms with Crippen LogP contribution in [0.3, 0.4) is 0 Å². The second-order valence-corrected chi connectivity index (χ2v) is 7.71. The predicted octanol–water partition coefficient (Wildman–Crippen LogP) is 4.88. The van der Waals surface area contributed by atoms with Crippen molar-refractivity contribution in [2.75, 3.05) is 18.5 Å². The Balaban J connectivity index is 1.30. The van der Waals surface area contributed by atoms with Gasteiger partial charge in [-0.15, -0.1) is 0 Å². The number of carbonyl (C=O) groups is 1. The first-order valence-electron chi connectivity index (χ1n) is 10.4. The fraction of sp³-hybridized carbons (Fsp3) is 0.200. The predicted molar refractivity (Wildman–Crippen MR) is 121 cm³/mol. The number of H-pyrrole nitrogens is 1. The minimum absolute atomic E-state index is 0.00990. The molecule has 1 aromatic heterocycles. The molecule has 0 fully saturated rings. The molecule has 31 heavy (non-hydrogen) atoms. The molecule has 1 aliphatic heterocycles. The van der Waals surface area contributed by atoms with E-state index in [1.807, 2.05) is 36.4 Å². The Kier molecular flexibility index (Phi) is 5.04. The Labute approximate surface area is 180 Å². The number of ether oxygens (including phenoxy) is 2. The van der Waals surface area contributed by atoms with Crippen molar-refractivity contribution < 1.29 is 14.3 Å². The molecule has 156 valence electrons. The molecule has 0 bridgehead atoms. The Morgan fingerprint density at radius 3 is 2.61 bits per heavy atom. The molecule has 1 aliphatic rings. The molecule has 0 saturated carbocycles. The number of carbonyl (C=O) groups excluding carboxylic acids is 1. The zero-order chi connectivity index (χ0) is 21.2. The highest BCUT2D eigenvalue weighted by molar-refractivity contribution is 5.91. The molecule has 4 aromatic rings. The Morgan fingerprint density at radius 1 is 1.03 bits per heavy atom. The van der Waals surface area contributed by atoms with Crippen LogP contribution in [0.4, 0.5) is 5.69 Å². The summed E-state index contributed by atoms with van der Waals surface area (Å²) in [6, 6.07) is 19.8. The second kappa shape index (κ2) is 8.14. The maximum atomic E-state index is 12.4. The maximum absolute atomic E-state index is 12.4. The number of nitrogens with zero attached hydrogens (tertiary/aromatic N) is 1. The third-order valence-corrected chi connectivity index (χ3v) is 5.33. The highest BCUT2D eigenvalue weighted by Gasteiger charge is 2.15. The van der Waals surface area contributed by atoms with Gasteiger partial charge in [0.25, 0.3) is 0 Å². The van der Waals surface area contributed by atoms with Crippen LogP contribution < -0.4 is 14.8 Å². The Hall–Kier alpha value is -3.80. The van der Waals surface area contributed by atoms with Gasteiger partial charge in [0, 0.05) is 29.8 Å². The van der Waals surface area contributed by atoms with Crippen LogP contribution in [0.15, 0.2) is 60.7 Å². The minimum Gasteiger partial charge on any atom is -0.486 e. The average molecular weight is 413 g/mol. The number of anilines is 1. The summed E-state index contributed by atoms with van der Waals surface area (Å²) in [4.78, 5) is 20.5. The molecular weight excluding hydrogens is 390 g/mol. The van der Waals surface area contributed by atoms with E-state index >= 15 is 0 Å². The normalized spacial score (nSPS) is 12.7. The maximum Gasteiger partial charge on any atom is 0.224 e. The van der Waals surface area contributed by atoms with Gasteiger partial charge in [-0.1, -0.05) is 42.0 Å². The van der Waals surface area contributed by atoms with Crippen molar-refractivity contribution >= 4 is 22.6 Å². The Bertz CT molecular complexity index is 1200. The fourth-order valence-electron chi connectivity index (χ4n) is 3.66. The molecule has 2 heterocycles. The second-order valence-electron chi connectivity index (χ2n) is 7.71. The van der Waals surface area contributed by atoms with Crippen LogP contribution in [0.25, 0.3) is 22.4 Å². The van der Waals surface area contributed by atoms with E-state index in [9.17, 15) is 4.79 Å². The number of hydrogen-bond donors (Lipinski definition) is 2. The van der Waals surface area contributed by atoms with E-state index in [-0.39, 0.29) is 5.91 Å². The van der Waals surface area contributed by atoms with E-state index in [2.05, 4.69) is 41.5 Å². The summed E-state index contributed by atoms with van der Waals surface area (Å²) in [6.07, 6.45) is 1.15. The summed E-state index contributed by atoms with van der Waals surface area (Å²) >= 11 is 0. The molecule has 6 nitrogen and oxygen atoms in total. The van der Waals surface area contributed by atoms with Gasteiger partial charge in [-0.3, -0.25) is 4.79 Å². The van der Waals surface area contributed by atoms with Crippen LogP contribution in [0.1, 0.15) is 17.5 Å². The summed E-state index contributed by atoms with van der Waals surface area (Å²) in [5, 5.41) is 2.99. The zero-order valence-corrected chi connectivity index (χ0v) is 17.3. The SMILES string of the molecule is Cc1ccc(CCC(=O)Nc2cccc(-c3nc4cc5c(cc4[nH]3)OCCO5)c2)cc1. The molecule has 2 N–H and O–H groups in total. The van der Waals surface area contributed by atoms with Crippen LogP contribution in [0.2, 0.25) is 0 Å². The lowest BCUT2D eigenvalue weighted by Crippen LogP contribution is -2.15. The molecule has 0 spiro atoms.